The second-order valence-electron chi connectivity index (χ2n) is 10.3. The number of ketones is 1. The zero-order valence-corrected chi connectivity index (χ0v) is 20.1. The molecule has 3 unspecified atom stereocenters. The molecule has 5 N–H and O–H groups in total. The zero-order valence-electron chi connectivity index (χ0n) is 20.1. The van der Waals surface area contributed by atoms with Gasteiger partial charge in [0.2, 0.25) is 11.8 Å². The second kappa shape index (κ2) is 9.54. The van der Waals surface area contributed by atoms with Crippen LogP contribution in [0, 0.1) is 23.7 Å². The molecule has 9 nitrogen and oxygen atoms in total. The normalized spacial score (nSPS) is 28.1. The molecule has 2 saturated heterocycles. The third-order valence-corrected chi connectivity index (χ3v) is 8.51. The van der Waals surface area contributed by atoms with Crippen molar-refractivity contribution in [2.45, 2.75) is 37.6 Å². The number of nitrogens with two attached hydrogens (primary N) is 1. The van der Waals surface area contributed by atoms with Gasteiger partial charge in [0.25, 0.3) is 5.91 Å². The van der Waals surface area contributed by atoms with Gasteiger partial charge in [-0.1, -0.05) is 36.8 Å². The number of nitrogens with one attached hydrogen (secondary N) is 2. The number of H-pyrrole nitrogens is 1. The van der Waals surface area contributed by atoms with Crippen LogP contribution in [0.15, 0.2) is 42.6 Å². The van der Waals surface area contributed by atoms with E-state index in [2.05, 4.69) is 10.3 Å². The number of benzene rings is 1. The fourth-order valence-corrected chi connectivity index (χ4v) is 6.89. The smallest absolute Gasteiger partial charge is 0.271 e. The van der Waals surface area contributed by atoms with Gasteiger partial charge in [-0.2, -0.15) is 0 Å². The first kappa shape index (κ1) is 24.2. The van der Waals surface area contributed by atoms with Gasteiger partial charge < -0.3 is 26.0 Å². The number of aliphatic hydroxyl groups is 1. The van der Waals surface area contributed by atoms with Crippen LogP contribution in [0.25, 0.3) is 11.1 Å². The van der Waals surface area contributed by atoms with Crippen molar-refractivity contribution in [3.8, 4) is 11.1 Å². The van der Waals surface area contributed by atoms with Gasteiger partial charge in [-0.05, 0) is 54.7 Å². The van der Waals surface area contributed by atoms with Crippen LogP contribution >= 0.6 is 0 Å². The highest BCUT2D eigenvalue weighted by molar-refractivity contribution is 6.02. The van der Waals surface area contributed by atoms with Crippen LogP contribution in [0.3, 0.4) is 0 Å². The number of carbonyl (C=O) groups is 4. The summed E-state index contributed by atoms with van der Waals surface area (Å²) in [5.41, 5.74) is 6.58. The number of rotatable bonds is 8. The first-order valence-electron chi connectivity index (χ1n) is 12.6. The predicted molar refractivity (Wildman–Crippen MR) is 131 cm³/mol. The second-order valence-corrected chi connectivity index (χ2v) is 10.3. The minimum atomic E-state index is -1.60. The van der Waals surface area contributed by atoms with E-state index in [0.717, 1.165) is 24.0 Å². The summed E-state index contributed by atoms with van der Waals surface area (Å²) in [6.07, 6.45) is 4.70. The van der Waals surface area contributed by atoms with Gasteiger partial charge in [0, 0.05) is 25.2 Å². The maximum atomic E-state index is 14.0. The van der Waals surface area contributed by atoms with E-state index < -0.39 is 41.6 Å². The molecule has 2 aromatic rings. The fraction of sp³-hybridized carbons (Fsp3) is 0.481. The summed E-state index contributed by atoms with van der Waals surface area (Å²) in [4.78, 5) is 57.6. The van der Waals surface area contributed by atoms with Crippen LogP contribution < -0.4 is 11.1 Å². The van der Waals surface area contributed by atoms with Crippen molar-refractivity contribution in [2.75, 3.05) is 19.7 Å². The standard InChI is InChI=1S/C27H32N4O5/c28-26(36)27(21(23(33)15-32)11-17-9-10-29-24(17)34)20-8-4-7-18(20)14-31(27)25(35)22-12-19(13-30-22)16-5-2-1-3-6-16/h1-3,5-6,12-13,17-18,20-21,30,32H,4,7-11,14-15H2,(H2,28,36)(H,29,34)/t17-,18?,20?,21-,27?/m1/s1. The number of aliphatic hydroxyl groups excluding tert-OH is 1. The summed E-state index contributed by atoms with van der Waals surface area (Å²) >= 11 is 0. The molecule has 36 heavy (non-hydrogen) atoms. The minimum absolute atomic E-state index is 0.0244. The van der Waals surface area contributed by atoms with E-state index in [0.29, 0.717) is 31.6 Å². The Morgan fingerprint density at radius 3 is 2.58 bits per heavy atom. The number of Topliss-reactive ketones (excluding diaryl/α,β-unsaturated/α-hetero) is 1. The number of nitrogens with zero attached hydrogens (tertiary/aromatic N) is 1. The monoisotopic (exact) mass is 492 g/mol. The molecule has 0 bridgehead atoms. The summed E-state index contributed by atoms with van der Waals surface area (Å²) in [5.74, 6) is -3.70. The maximum Gasteiger partial charge on any atom is 0.271 e. The third-order valence-electron chi connectivity index (χ3n) is 8.51. The van der Waals surface area contributed by atoms with Gasteiger partial charge in [-0.3, -0.25) is 19.2 Å². The molecule has 9 heteroatoms. The van der Waals surface area contributed by atoms with E-state index >= 15 is 0 Å². The van der Waals surface area contributed by atoms with E-state index in [1.807, 2.05) is 30.3 Å². The molecule has 1 aromatic carbocycles. The Kier molecular flexibility index (Phi) is 6.42. The first-order valence-corrected chi connectivity index (χ1v) is 12.6. The molecule has 5 atom stereocenters. The van der Waals surface area contributed by atoms with Crippen molar-refractivity contribution < 1.29 is 24.3 Å². The van der Waals surface area contributed by atoms with Crippen molar-refractivity contribution in [1.82, 2.24) is 15.2 Å². The van der Waals surface area contributed by atoms with Gasteiger partial charge in [0.1, 0.15) is 17.8 Å². The van der Waals surface area contributed by atoms with Gasteiger partial charge in [0.05, 0.1) is 5.92 Å². The number of aromatic nitrogens is 1. The van der Waals surface area contributed by atoms with Crippen molar-refractivity contribution in [1.29, 1.82) is 0 Å². The number of hydrogen-bond acceptors (Lipinski definition) is 5. The molecule has 3 fully saturated rings. The highest BCUT2D eigenvalue weighted by atomic mass is 16.3. The van der Waals surface area contributed by atoms with Gasteiger partial charge in [0.15, 0.2) is 5.78 Å². The molecular weight excluding hydrogens is 460 g/mol. The molecule has 0 spiro atoms. The maximum absolute atomic E-state index is 14.0. The minimum Gasteiger partial charge on any atom is -0.389 e. The zero-order chi connectivity index (χ0) is 25.4. The largest absolute Gasteiger partial charge is 0.389 e. The molecule has 190 valence electrons. The summed E-state index contributed by atoms with van der Waals surface area (Å²) in [6.45, 7) is 0.0128. The Morgan fingerprint density at radius 1 is 1.14 bits per heavy atom. The summed E-state index contributed by atoms with van der Waals surface area (Å²) in [6, 6.07) is 11.4. The molecule has 1 saturated carbocycles. The Hall–Kier alpha value is -3.46. The number of fused-ring (bicyclic) bond motifs is 1. The highest BCUT2D eigenvalue weighted by Gasteiger charge is 2.65. The molecular formula is C27H32N4O5. The predicted octanol–water partition coefficient (Wildman–Crippen LogP) is 1.48. The summed E-state index contributed by atoms with van der Waals surface area (Å²) < 4.78 is 0. The van der Waals surface area contributed by atoms with Crippen LogP contribution in [0.4, 0.5) is 0 Å². The SMILES string of the molecule is NC(=O)C1([C@H](C[C@H]2CCNC2=O)C(=O)CO)C2CCCC2CN1C(=O)c1cc(-c2ccccc2)c[nH]1. The average Bonchev–Trinajstić information content (AvgIpc) is 3.67. The van der Waals surface area contributed by atoms with Crippen LogP contribution in [0.2, 0.25) is 0 Å². The number of likely N-dealkylation sites (tertiary alicyclic amines) is 1. The third kappa shape index (κ3) is 3.82. The Bertz CT molecular complexity index is 1180. The fourth-order valence-electron chi connectivity index (χ4n) is 6.89. The number of amides is 3. The van der Waals surface area contributed by atoms with Crippen LogP contribution in [0.1, 0.15) is 42.6 Å². The van der Waals surface area contributed by atoms with Crippen molar-refractivity contribution >= 4 is 23.5 Å². The lowest BCUT2D eigenvalue weighted by molar-refractivity contribution is -0.144. The van der Waals surface area contributed by atoms with E-state index in [1.165, 1.54) is 4.90 Å². The summed E-state index contributed by atoms with van der Waals surface area (Å²) in [5, 5.41) is 12.7. The molecule has 0 radical (unpaired) electrons. The lowest BCUT2D eigenvalue weighted by Gasteiger charge is -2.45. The number of primary amides is 1. The molecule has 5 rings (SSSR count). The molecule has 1 aliphatic carbocycles. The highest BCUT2D eigenvalue weighted by Crippen LogP contribution is 2.53. The molecule has 2 aliphatic heterocycles. The van der Waals surface area contributed by atoms with Gasteiger partial charge >= 0.3 is 0 Å². The van der Waals surface area contributed by atoms with E-state index in [1.54, 1.807) is 12.3 Å². The van der Waals surface area contributed by atoms with Crippen LogP contribution in [-0.4, -0.2) is 63.7 Å². The Labute approximate surface area is 209 Å². The van der Waals surface area contributed by atoms with Crippen molar-refractivity contribution in [3.05, 3.63) is 48.3 Å². The molecule has 3 amide bonds. The van der Waals surface area contributed by atoms with Crippen LogP contribution in [-0.2, 0) is 14.4 Å². The molecule has 3 heterocycles. The van der Waals surface area contributed by atoms with Crippen LogP contribution in [0.5, 0.6) is 0 Å². The van der Waals surface area contributed by atoms with Gasteiger partial charge in [-0.15, -0.1) is 0 Å². The number of carbonyl (C=O) groups excluding carboxylic acids is 4. The topological polar surface area (TPSA) is 146 Å². The number of aromatic amines is 1. The van der Waals surface area contributed by atoms with Gasteiger partial charge in [-0.25, -0.2) is 0 Å². The molecule has 1 aromatic heterocycles. The average molecular weight is 493 g/mol. The van der Waals surface area contributed by atoms with Crippen molar-refractivity contribution in [2.24, 2.45) is 29.4 Å². The Balaban J connectivity index is 1.57. The van der Waals surface area contributed by atoms with E-state index in [9.17, 15) is 24.3 Å². The Morgan fingerprint density at radius 2 is 1.92 bits per heavy atom. The summed E-state index contributed by atoms with van der Waals surface area (Å²) in [7, 11) is 0. The molecule has 3 aliphatic rings. The van der Waals surface area contributed by atoms with Crippen molar-refractivity contribution in [3.63, 3.8) is 0 Å². The van der Waals surface area contributed by atoms with E-state index in [4.69, 9.17) is 5.73 Å². The van der Waals surface area contributed by atoms with E-state index in [-0.39, 0.29) is 24.2 Å². The number of hydrogen-bond donors (Lipinski definition) is 4. The quantitative estimate of drug-likeness (QED) is 0.441. The lowest BCUT2D eigenvalue weighted by Crippen LogP contribution is -2.66. The first-order chi connectivity index (χ1) is 17.4. The lowest BCUT2D eigenvalue weighted by atomic mass is 9.67.